The maximum absolute atomic E-state index is 11.9. The van der Waals surface area contributed by atoms with Gasteiger partial charge in [-0.15, -0.1) is 0 Å². The van der Waals surface area contributed by atoms with E-state index in [1.807, 2.05) is 0 Å². The number of rotatable bonds is 2. The van der Waals surface area contributed by atoms with Gasteiger partial charge in [-0.2, -0.15) is 0 Å². The van der Waals surface area contributed by atoms with Gasteiger partial charge in [-0.25, -0.2) is 4.79 Å². The summed E-state index contributed by atoms with van der Waals surface area (Å²) in [6.45, 7) is 1.74. The van der Waals surface area contributed by atoms with Crippen LogP contribution in [0.5, 0.6) is 0 Å². The summed E-state index contributed by atoms with van der Waals surface area (Å²) in [7, 11) is 4.65. The molecule has 6 heteroatoms. The highest BCUT2D eigenvalue weighted by molar-refractivity contribution is 6.22. The Balaban J connectivity index is 3.21. The minimum Gasteiger partial charge on any atom is -0.288 e. The Labute approximate surface area is 88.2 Å². The molecule has 0 aromatic rings. The number of hydrogen-bond acceptors (Lipinski definition) is 4. The van der Waals surface area contributed by atoms with Crippen molar-refractivity contribution < 1.29 is 14.4 Å². The second-order valence-corrected chi connectivity index (χ2v) is 3.73. The van der Waals surface area contributed by atoms with Gasteiger partial charge in [0.15, 0.2) is 5.54 Å². The number of urea groups is 1. The molecule has 0 radical (unpaired) electrons. The summed E-state index contributed by atoms with van der Waals surface area (Å²) in [5.41, 5.74) is -1.26. The molecule has 0 spiro atoms. The molecule has 0 aromatic carbocycles. The number of likely N-dealkylation sites (N-methyl/N-ethyl adjacent to an activating group) is 2. The van der Waals surface area contributed by atoms with Crippen LogP contribution in [0.2, 0.25) is 0 Å². The molecule has 1 N–H and O–H groups in total. The summed E-state index contributed by atoms with van der Waals surface area (Å²) in [5, 5.41) is 2.17. The van der Waals surface area contributed by atoms with Gasteiger partial charge in [0, 0.05) is 7.05 Å². The average molecular weight is 213 g/mol. The summed E-state index contributed by atoms with van der Waals surface area (Å²) < 4.78 is 0. The Morgan fingerprint density at radius 1 is 1.33 bits per heavy atom. The lowest BCUT2D eigenvalue weighted by Gasteiger charge is -2.41. The number of barbiturate groups is 1. The van der Waals surface area contributed by atoms with Crippen LogP contribution in [0.25, 0.3) is 0 Å². The van der Waals surface area contributed by atoms with Gasteiger partial charge in [0.1, 0.15) is 0 Å². The van der Waals surface area contributed by atoms with Crippen molar-refractivity contribution in [3.63, 3.8) is 0 Å². The minimum atomic E-state index is -1.26. The topological polar surface area (TPSA) is 69.7 Å². The molecule has 0 bridgehead atoms. The molecule has 1 heterocycles. The molecular formula is C9H15N3O3. The number of nitrogens with one attached hydrogen (secondary N) is 1. The molecule has 1 rings (SSSR count). The first-order valence-electron chi connectivity index (χ1n) is 4.69. The van der Waals surface area contributed by atoms with Gasteiger partial charge in [-0.1, -0.05) is 6.92 Å². The first-order valence-corrected chi connectivity index (χ1v) is 4.69. The highest BCUT2D eigenvalue weighted by Crippen LogP contribution is 2.23. The summed E-state index contributed by atoms with van der Waals surface area (Å²) in [5.74, 6) is -1.04. The molecule has 1 aliphatic rings. The zero-order valence-corrected chi connectivity index (χ0v) is 9.33. The molecule has 1 atom stereocenters. The lowest BCUT2D eigenvalue weighted by atomic mass is 9.90. The van der Waals surface area contributed by atoms with Crippen LogP contribution in [0.15, 0.2) is 0 Å². The van der Waals surface area contributed by atoms with E-state index < -0.39 is 23.4 Å². The van der Waals surface area contributed by atoms with Crippen LogP contribution in [0, 0.1) is 0 Å². The van der Waals surface area contributed by atoms with Crippen LogP contribution < -0.4 is 5.32 Å². The third-order valence-corrected chi connectivity index (χ3v) is 2.83. The van der Waals surface area contributed by atoms with Crippen LogP contribution >= 0.6 is 0 Å². The first kappa shape index (κ1) is 11.6. The van der Waals surface area contributed by atoms with Gasteiger partial charge < -0.3 is 0 Å². The fraction of sp³-hybridized carbons (Fsp3) is 0.667. The van der Waals surface area contributed by atoms with E-state index in [0.29, 0.717) is 6.42 Å². The van der Waals surface area contributed by atoms with Gasteiger partial charge in [-0.05, 0) is 20.5 Å². The number of imide groups is 2. The SMILES string of the molecule is CC[C@@]1(N(C)C)C(=O)NC(=O)N(C)C1=O. The van der Waals surface area contributed by atoms with Gasteiger partial charge in [0.25, 0.3) is 11.8 Å². The van der Waals surface area contributed by atoms with Gasteiger partial charge in [0.2, 0.25) is 0 Å². The van der Waals surface area contributed by atoms with Crippen LogP contribution in [-0.4, -0.2) is 54.3 Å². The van der Waals surface area contributed by atoms with E-state index in [4.69, 9.17) is 0 Å². The molecule has 0 saturated carbocycles. The summed E-state index contributed by atoms with van der Waals surface area (Å²) in [6.07, 6.45) is 0.322. The van der Waals surface area contributed by atoms with Crippen molar-refractivity contribution in [2.45, 2.75) is 18.9 Å². The highest BCUT2D eigenvalue weighted by Gasteiger charge is 2.53. The smallest absolute Gasteiger partial charge is 0.288 e. The number of nitrogens with zero attached hydrogens (tertiary/aromatic N) is 2. The number of carbonyl (C=O) groups excluding carboxylic acids is 3. The van der Waals surface area contributed by atoms with Gasteiger partial charge in [-0.3, -0.25) is 24.7 Å². The zero-order valence-electron chi connectivity index (χ0n) is 9.33. The minimum absolute atomic E-state index is 0.322. The molecule has 1 aliphatic heterocycles. The van der Waals surface area contributed by atoms with Crippen LogP contribution in [-0.2, 0) is 9.59 Å². The molecule has 0 aromatic heterocycles. The number of hydrogen-bond donors (Lipinski definition) is 1. The molecule has 6 nitrogen and oxygen atoms in total. The molecule has 4 amide bonds. The molecule has 1 fully saturated rings. The second-order valence-electron chi connectivity index (χ2n) is 3.73. The van der Waals surface area contributed by atoms with E-state index in [2.05, 4.69) is 5.32 Å². The monoisotopic (exact) mass is 213 g/mol. The Bertz CT molecular complexity index is 327. The third kappa shape index (κ3) is 1.41. The lowest BCUT2D eigenvalue weighted by molar-refractivity contribution is -0.152. The standard InChI is InChI=1S/C9H15N3O3/c1-5-9(11(2)3)6(13)10-8(15)12(4)7(9)14/h5H2,1-4H3,(H,10,13,15)/t9-/m1/s1. The van der Waals surface area contributed by atoms with E-state index in [-0.39, 0.29) is 0 Å². The summed E-state index contributed by atoms with van der Waals surface area (Å²) in [4.78, 5) is 37.3. The van der Waals surface area contributed by atoms with Crippen molar-refractivity contribution in [3.05, 3.63) is 0 Å². The predicted molar refractivity (Wildman–Crippen MR) is 53.0 cm³/mol. The third-order valence-electron chi connectivity index (χ3n) is 2.83. The van der Waals surface area contributed by atoms with Crippen molar-refractivity contribution in [2.75, 3.05) is 21.1 Å². The predicted octanol–water partition coefficient (Wildman–Crippen LogP) is -0.595. The van der Waals surface area contributed by atoms with Crippen molar-refractivity contribution in [2.24, 2.45) is 0 Å². The largest absolute Gasteiger partial charge is 0.330 e. The van der Waals surface area contributed by atoms with Crippen LogP contribution in [0.1, 0.15) is 13.3 Å². The van der Waals surface area contributed by atoms with Gasteiger partial charge >= 0.3 is 6.03 Å². The molecule has 15 heavy (non-hydrogen) atoms. The summed E-state index contributed by atoms with van der Waals surface area (Å²) >= 11 is 0. The van der Waals surface area contributed by atoms with Gasteiger partial charge in [0.05, 0.1) is 0 Å². The Morgan fingerprint density at radius 3 is 2.27 bits per heavy atom. The molecular weight excluding hydrogens is 198 g/mol. The van der Waals surface area contributed by atoms with Crippen molar-refractivity contribution in [1.29, 1.82) is 0 Å². The summed E-state index contributed by atoms with van der Waals surface area (Å²) in [6, 6.07) is -0.670. The van der Waals surface area contributed by atoms with Crippen molar-refractivity contribution in [3.8, 4) is 0 Å². The van der Waals surface area contributed by atoms with E-state index >= 15 is 0 Å². The first-order chi connectivity index (χ1) is 6.87. The Morgan fingerprint density at radius 2 is 1.87 bits per heavy atom. The van der Waals surface area contributed by atoms with E-state index in [1.54, 1.807) is 21.0 Å². The molecule has 0 unspecified atom stereocenters. The molecule has 0 aliphatic carbocycles. The van der Waals surface area contributed by atoms with E-state index in [9.17, 15) is 14.4 Å². The lowest BCUT2D eigenvalue weighted by Crippen LogP contribution is -2.71. The quantitative estimate of drug-likeness (QED) is 0.622. The molecule has 1 saturated heterocycles. The second kappa shape index (κ2) is 3.62. The number of carbonyl (C=O) groups is 3. The average Bonchev–Trinajstić information content (AvgIpc) is 2.15. The highest BCUT2D eigenvalue weighted by atomic mass is 16.2. The zero-order chi connectivity index (χ0) is 11.8. The van der Waals surface area contributed by atoms with E-state index in [0.717, 1.165) is 4.90 Å². The Hall–Kier alpha value is -1.43. The van der Waals surface area contributed by atoms with Crippen molar-refractivity contribution >= 4 is 17.8 Å². The molecule has 84 valence electrons. The fourth-order valence-corrected chi connectivity index (χ4v) is 1.77. The Kier molecular flexibility index (Phi) is 2.81. The number of amides is 4. The van der Waals surface area contributed by atoms with E-state index in [1.165, 1.54) is 11.9 Å². The fourth-order valence-electron chi connectivity index (χ4n) is 1.77. The maximum atomic E-state index is 11.9. The van der Waals surface area contributed by atoms with Crippen LogP contribution in [0.4, 0.5) is 4.79 Å². The maximum Gasteiger partial charge on any atom is 0.330 e. The van der Waals surface area contributed by atoms with Crippen LogP contribution in [0.3, 0.4) is 0 Å². The normalized spacial score (nSPS) is 27.3. The van der Waals surface area contributed by atoms with Crippen molar-refractivity contribution in [1.82, 2.24) is 15.1 Å².